The van der Waals surface area contributed by atoms with Gasteiger partial charge in [-0.1, -0.05) is 0 Å². The molecule has 1 aromatic rings. The first-order valence-electron chi connectivity index (χ1n) is 4.77. The highest BCUT2D eigenvalue weighted by molar-refractivity contribution is 5.13. The zero-order valence-electron chi connectivity index (χ0n) is 7.66. The van der Waals surface area contributed by atoms with E-state index in [1.54, 1.807) is 6.92 Å². The van der Waals surface area contributed by atoms with Gasteiger partial charge in [0.25, 0.3) is 0 Å². The van der Waals surface area contributed by atoms with E-state index in [-0.39, 0.29) is 5.54 Å². The molecule has 2 aliphatic rings. The summed E-state index contributed by atoms with van der Waals surface area (Å²) in [5.74, 6) is 2.91. The van der Waals surface area contributed by atoms with Crippen LogP contribution in [0, 0.1) is 18.8 Å². The van der Waals surface area contributed by atoms with Gasteiger partial charge in [0.05, 0.1) is 5.54 Å². The van der Waals surface area contributed by atoms with Crippen LogP contribution in [-0.4, -0.2) is 10.2 Å². The van der Waals surface area contributed by atoms with Crippen LogP contribution in [0.3, 0.4) is 0 Å². The normalized spacial score (nSPS) is 42.0. The fourth-order valence-electron chi connectivity index (χ4n) is 2.50. The van der Waals surface area contributed by atoms with Gasteiger partial charge in [-0.05, 0) is 31.1 Å². The summed E-state index contributed by atoms with van der Waals surface area (Å²) in [6, 6.07) is 0. The van der Waals surface area contributed by atoms with E-state index in [9.17, 15) is 0 Å². The Morgan fingerprint density at radius 2 is 2.08 bits per heavy atom. The lowest BCUT2D eigenvalue weighted by Gasteiger charge is -2.20. The van der Waals surface area contributed by atoms with Crippen molar-refractivity contribution in [3.05, 3.63) is 11.8 Å². The maximum Gasteiger partial charge on any atom is 0.236 e. The van der Waals surface area contributed by atoms with E-state index in [0.717, 1.165) is 24.7 Å². The molecule has 3 rings (SSSR count). The fraction of sp³-hybridized carbons (Fsp3) is 0.778. The Bertz CT molecular complexity index is 336. The molecule has 2 atom stereocenters. The summed E-state index contributed by atoms with van der Waals surface area (Å²) in [4.78, 5) is 0. The molecule has 0 saturated heterocycles. The molecule has 2 fully saturated rings. The average Bonchev–Trinajstić information content (AvgIpc) is 2.54. The van der Waals surface area contributed by atoms with E-state index in [2.05, 4.69) is 10.2 Å². The van der Waals surface area contributed by atoms with Gasteiger partial charge in [-0.15, -0.1) is 10.2 Å². The Hall–Kier alpha value is -0.900. The van der Waals surface area contributed by atoms with Gasteiger partial charge in [0.1, 0.15) is 0 Å². The summed E-state index contributed by atoms with van der Waals surface area (Å²) in [6.45, 7) is 1.80. The smallest absolute Gasteiger partial charge is 0.236 e. The number of fused-ring (bicyclic) bond motifs is 1. The first-order valence-corrected chi connectivity index (χ1v) is 4.77. The number of aromatic nitrogens is 2. The van der Waals surface area contributed by atoms with Gasteiger partial charge in [-0.3, -0.25) is 0 Å². The van der Waals surface area contributed by atoms with Crippen LogP contribution in [0.5, 0.6) is 0 Å². The van der Waals surface area contributed by atoms with Crippen LogP contribution in [0.15, 0.2) is 4.42 Å². The third kappa shape index (κ3) is 1.01. The number of hydrogen-bond donors (Lipinski definition) is 1. The molecule has 0 bridgehead atoms. The minimum atomic E-state index is -0.311. The second kappa shape index (κ2) is 2.12. The van der Waals surface area contributed by atoms with Gasteiger partial charge in [0, 0.05) is 6.92 Å². The van der Waals surface area contributed by atoms with Crippen molar-refractivity contribution in [1.29, 1.82) is 0 Å². The number of nitrogens with zero attached hydrogens (tertiary/aromatic N) is 2. The van der Waals surface area contributed by atoms with Crippen LogP contribution in [0.4, 0.5) is 0 Å². The molecule has 4 heteroatoms. The second-order valence-corrected chi connectivity index (χ2v) is 4.45. The van der Waals surface area contributed by atoms with Gasteiger partial charge in [0.2, 0.25) is 11.8 Å². The molecule has 2 unspecified atom stereocenters. The summed E-state index contributed by atoms with van der Waals surface area (Å²) in [6.07, 6.45) is 3.41. The van der Waals surface area contributed by atoms with Gasteiger partial charge in [-0.25, -0.2) is 0 Å². The van der Waals surface area contributed by atoms with Gasteiger partial charge in [0.15, 0.2) is 0 Å². The molecular formula is C9H13N3O. The monoisotopic (exact) mass is 179 g/mol. The topological polar surface area (TPSA) is 64.9 Å². The molecule has 1 heterocycles. The van der Waals surface area contributed by atoms with Crippen molar-refractivity contribution in [2.75, 3.05) is 0 Å². The predicted octanol–water partition coefficient (Wildman–Crippen LogP) is 0.962. The van der Waals surface area contributed by atoms with Crippen LogP contribution in [0.25, 0.3) is 0 Å². The Labute approximate surface area is 76.5 Å². The molecule has 1 aromatic heterocycles. The molecule has 4 nitrogen and oxygen atoms in total. The molecule has 2 saturated carbocycles. The van der Waals surface area contributed by atoms with Crippen molar-refractivity contribution in [2.24, 2.45) is 17.6 Å². The maximum absolute atomic E-state index is 6.22. The Morgan fingerprint density at radius 3 is 2.62 bits per heavy atom. The molecule has 0 aliphatic heterocycles. The molecular weight excluding hydrogens is 166 g/mol. The van der Waals surface area contributed by atoms with Gasteiger partial charge < -0.3 is 10.2 Å². The van der Waals surface area contributed by atoms with E-state index in [0.29, 0.717) is 11.8 Å². The molecule has 0 spiro atoms. The van der Waals surface area contributed by atoms with Crippen LogP contribution in [-0.2, 0) is 5.54 Å². The summed E-state index contributed by atoms with van der Waals surface area (Å²) in [5.41, 5.74) is 5.91. The zero-order chi connectivity index (χ0) is 9.05. The number of aryl methyl sites for hydroxylation is 1. The second-order valence-electron chi connectivity index (χ2n) is 4.45. The lowest BCUT2D eigenvalue weighted by Crippen LogP contribution is -2.35. The van der Waals surface area contributed by atoms with E-state index >= 15 is 0 Å². The van der Waals surface area contributed by atoms with E-state index in [1.165, 1.54) is 6.42 Å². The lowest BCUT2D eigenvalue weighted by atomic mass is 9.95. The third-order valence-corrected chi connectivity index (χ3v) is 3.27. The predicted molar refractivity (Wildman–Crippen MR) is 45.7 cm³/mol. The number of hydrogen-bond acceptors (Lipinski definition) is 4. The first-order chi connectivity index (χ1) is 6.17. The summed E-state index contributed by atoms with van der Waals surface area (Å²) in [7, 11) is 0. The van der Waals surface area contributed by atoms with Crippen LogP contribution < -0.4 is 5.73 Å². The highest BCUT2D eigenvalue weighted by Crippen LogP contribution is 2.58. The molecule has 13 heavy (non-hydrogen) atoms. The average molecular weight is 179 g/mol. The molecule has 2 N–H and O–H groups in total. The molecule has 0 radical (unpaired) electrons. The van der Waals surface area contributed by atoms with E-state index in [4.69, 9.17) is 10.2 Å². The standard InChI is InChI=1S/C9H13N3O/c1-5-11-12-8(13-5)9(10)3-6-2-7(6)4-9/h6-7H,2-4,10H2,1H3. The van der Waals surface area contributed by atoms with E-state index < -0.39 is 0 Å². The van der Waals surface area contributed by atoms with Crippen molar-refractivity contribution < 1.29 is 4.42 Å². The first kappa shape index (κ1) is 7.50. The van der Waals surface area contributed by atoms with E-state index in [1.807, 2.05) is 0 Å². The zero-order valence-corrected chi connectivity index (χ0v) is 7.66. The van der Waals surface area contributed by atoms with Crippen molar-refractivity contribution in [2.45, 2.75) is 31.7 Å². The fourth-order valence-corrected chi connectivity index (χ4v) is 2.50. The summed E-state index contributed by atoms with van der Waals surface area (Å²) >= 11 is 0. The lowest BCUT2D eigenvalue weighted by molar-refractivity contribution is 0.303. The Balaban J connectivity index is 1.91. The molecule has 70 valence electrons. The summed E-state index contributed by atoms with van der Waals surface area (Å²) in [5, 5.41) is 7.83. The largest absolute Gasteiger partial charge is 0.424 e. The minimum absolute atomic E-state index is 0.311. The molecule has 2 aliphatic carbocycles. The third-order valence-electron chi connectivity index (χ3n) is 3.27. The maximum atomic E-state index is 6.22. The summed E-state index contributed by atoms with van der Waals surface area (Å²) < 4.78 is 5.39. The highest BCUT2D eigenvalue weighted by atomic mass is 16.4. The molecule has 0 aromatic carbocycles. The van der Waals surface area contributed by atoms with Crippen LogP contribution in [0.1, 0.15) is 31.0 Å². The Kier molecular flexibility index (Phi) is 1.22. The van der Waals surface area contributed by atoms with Crippen molar-refractivity contribution in [1.82, 2.24) is 10.2 Å². The van der Waals surface area contributed by atoms with Crippen molar-refractivity contribution in [3.8, 4) is 0 Å². The quantitative estimate of drug-likeness (QED) is 0.697. The van der Waals surface area contributed by atoms with Gasteiger partial charge in [-0.2, -0.15) is 0 Å². The van der Waals surface area contributed by atoms with Crippen molar-refractivity contribution >= 4 is 0 Å². The van der Waals surface area contributed by atoms with Crippen molar-refractivity contribution in [3.63, 3.8) is 0 Å². The van der Waals surface area contributed by atoms with Crippen LogP contribution in [0.2, 0.25) is 0 Å². The number of nitrogens with two attached hydrogens (primary N) is 1. The van der Waals surface area contributed by atoms with Crippen LogP contribution >= 0.6 is 0 Å². The Morgan fingerprint density at radius 1 is 1.38 bits per heavy atom. The van der Waals surface area contributed by atoms with Gasteiger partial charge >= 0.3 is 0 Å². The SMILES string of the molecule is Cc1nnc(C2(N)CC3CC3C2)o1. The minimum Gasteiger partial charge on any atom is -0.424 e. The number of rotatable bonds is 1. The highest BCUT2D eigenvalue weighted by Gasteiger charge is 2.55. The molecule has 0 amide bonds.